The van der Waals surface area contributed by atoms with Gasteiger partial charge in [0.25, 0.3) is 0 Å². The molecular formula is C11H12FNO4. The summed E-state index contributed by atoms with van der Waals surface area (Å²) in [7, 11) is 0. The Hall–Kier alpha value is -1.98. The third kappa shape index (κ3) is 2.58. The molecule has 1 aliphatic heterocycles. The van der Waals surface area contributed by atoms with Crippen LogP contribution in [-0.4, -0.2) is 25.3 Å². The van der Waals surface area contributed by atoms with Crippen molar-refractivity contribution in [3.05, 3.63) is 17.9 Å². The minimum Gasteiger partial charge on any atom is -0.486 e. The highest BCUT2D eigenvalue weighted by molar-refractivity contribution is 5.65. The first-order chi connectivity index (χ1) is 8.06. The van der Waals surface area contributed by atoms with Crippen LogP contribution < -0.4 is 15.2 Å². The fourth-order valence-electron chi connectivity index (χ4n) is 1.44. The Morgan fingerprint density at radius 2 is 2.35 bits per heavy atom. The zero-order chi connectivity index (χ0) is 12.4. The van der Waals surface area contributed by atoms with Crippen molar-refractivity contribution in [1.82, 2.24) is 0 Å². The summed E-state index contributed by atoms with van der Waals surface area (Å²) in [6, 6.07) is 2.53. The SMILES string of the molecule is CC(=O)OC[C@H]1COc2cc(N)c(F)cc2O1. The van der Waals surface area contributed by atoms with Gasteiger partial charge >= 0.3 is 5.97 Å². The molecular weight excluding hydrogens is 229 g/mol. The van der Waals surface area contributed by atoms with E-state index < -0.39 is 17.9 Å². The maximum atomic E-state index is 13.2. The van der Waals surface area contributed by atoms with E-state index in [1.54, 1.807) is 0 Å². The summed E-state index contributed by atoms with van der Waals surface area (Å²) in [5.74, 6) is -0.313. The van der Waals surface area contributed by atoms with Crippen LogP contribution in [0.4, 0.5) is 10.1 Å². The highest BCUT2D eigenvalue weighted by Gasteiger charge is 2.23. The van der Waals surface area contributed by atoms with Crippen LogP contribution in [-0.2, 0) is 9.53 Å². The van der Waals surface area contributed by atoms with Crippen LogP contribution in [0.1, 0.15) is 6.92 Å². The van der Waals surface area contributed by atoms with E-state index in [0.717, 1.165) is 6.07 Å². The van der Waals surface area contributed by atoms with Crippen LogP contribution in [0, 0.1) is 5.82 Å². The molecule has 0 aromatic heterocycles. The maximum Gasteiger partial charge on any atom is 0.302 e. The predicted molar refractivity (Wildman–Crippen MR) is 57.4 cm³/mol. The van der Waals surface area contributed by atoms with E-state index in [9.17, 15) is 9.18 Å². The Morgan fingerprint density at radius 1 is 1.59 bits per heavy atom. The topological polar surface area (TPSA) is 70.8 Å². The van der Waals surface area contributed by atoms with Crippen LogP contribution in [0.5, 0.6) is 11.5 Å². The molecule has 1 heterocycles. The zero-order valence-corrected chi connectivity index (χ0v) is 9.23. The van der Waals surface area contributed by atoms with Crippen LogP contribution in [0.2, 0.25) is 0 Å². The van der Waals surface area contributed by atoms with E-state index in [-0.39, 0.29) is 24.7 Å². The summed E-state index contributed by atoms with van der Waals surface area (Å²) < 4.78 is 28.8. The third-order valence-electron chi connectivity index (χ3n) is 2.25. The van der Waals surface area contributed by atoms with E-state index in [2.05, 4.69) is 0 Å². The molecule has 0 unspecified atom stereocenters. The molecule has 0 saturated heterocycles. The van der Waals surface area contributed by atoms with Gasteiger partial charge in [-0.3, -0.25) is 4.79 Å². The van der Waals surface area contributed by atoms with Gasteiger partial charge in [-0.1, -0.05) is 0 Å². The third-order valence-corrected chi connectivity index (χ3v) is 2.25. The molecule has 2 N–H and O–H groups in total. The van der Waals surface area contributed by atoms with Crippen molar-refractivity contribution >= 4 is 11.7 Å². The van der Waals surface area contributed by atoms with Crippen LogP contribution in [0.15, 0.2) is 12.1 Å². The van der Waals surface area contributed by atoms with E-state index in [1.807, 2.05) is 0 Å². The van der Waals surface area contributed by atoms with Crippen molar-refractivity contribution in [2.75, 3.05) is 18.9 Å². The number of benzene rings is 1. The van der Waals surface area contributed by atoms with E-state index in [1.165, 1.54) is 13.0 Å². The second-order valence-electron chi connectivity index (χ2n) is 3.67. The zero-order valence-electron chi connectivity index (χ0n) is 9.23. The number of anilines is 1. The van der Waals surface area contributed by atoms with Crippen molar-refractivity contribution in [3.8, 4) is 11.5 Å². The Kier molecular flexibility index (Phi) is 3.03. The van der Waals surface area contributed by atoms with Gasteiger partial charge in [0, 0.05) is 19.1 Å². The van der Waals surface area contributed by atoms with Gasteiger partial charge in [0.15, 0.2) is 17.6 Å². The normalized spacial score (nSPS) is 17.6. The monoisotopic (exact) mass is 241 g/mol. The van der Waals surface area contributed by atoms with Gasteiger partial charge in [-0.2, -0.15) is 0 Å². The smallest absolute Gasteiger partial charge is 0.302 e. The molecule has 2 rings (SSSR count). The molecule has 1 atom stereocenters. The molecule has 0 radical (unpaired) electrons. The molecule has 6 heteroatoms. The number of halogens is 1. The molecule has 0 aliphatic carbocycles. The lowest BCUT2D eigenvalue weighted by Gasteiger charge is -2.26. The number of fused-ring (bicyclic) bond motifs is 1. The van der Waals surface area contributed by atoms with E-state index in [4.69, 9.17) is 19.9 Å². The van der Waals surface area contributed by atoms with E-state index in [0.29, 0.717) is 5.75 Å². The molecule has 0 bridgehead atoms. The number of esters is 1. The molecule has 0 amide bonds. The summed E-state index contributed by atoms with van der Waals surface area (Å²) >= 11 is 0. The van der Waals surface area contributed by atoms with Gasteiger partial charge in [0.05, 0.1) is 5.69 Å². The molecule has 1 aliphatic rings. The van der Waals surface area contributed by atoms with Gasteiger partial charge in [0.1, 0.15) is 19.0 Å². The molecule has 1 aromatic carbocycles. The Morgan fingerprint density at radius 3 is 3.06 bits per heavy atom. The van der Waals surface area contributed by atoms with Crippen molar-refractivity contribution in [2.24, 2.45) is 0 Å². The Labute approximate surface area is 97.3 Å². The van der Waals surface area contributed by atoms with Crippen molar-refractivity contribution in [1.29, 1.82) is 0 Å². The summed E-state index contributed by atoms with van der Waals surface area (Å²) in [5.41, 5.74) is 5.40. The van der Waals surface area contributed by atoms with Gasteiger partial charge < -0.3 is 19.9 Å². The average Bonchev–Trinajstić information content (AvgIpc) is 2.28. The number of rotatable bonds is 2. The number of nitrogens with two attached hydrogens (primary N) is 1. The number of ether oxygens (including phenoxy) is 3. The van der Waals surface area contributed by atoms with Gasteiger partial charge in [-0.05, 0) is 0 Å². The first-order valence-electron chi connectivity index (χ1n) is 5.08. The molecule has 5 nitrogen and oxygen atoms in total. The number of carbonyl (C=O) groups excluding carboxylic acids is 1. The molecule has 17 heavy (non-hydrogen) atoms. The molecule has 1 aromatic rings. The maximum absolute atomic E-state index is 13.2. The second kappa shape index (κ2) is 4.48. The fraction of sp³-hybridized carbons (Fsp3) is 0.364. The number of nitrogen functional groups attached to an aromatic ring is 1. The highest BCUT2D eigenvalue weighted by atomic mass is 19.1. The summed E-state index contributed by atoms with van der Waals surface area (Å²) in [6.45, 7) is 1.60. The standard InChI is InChI=1S/C11H12FNO4/c1-6(14)15-4-7-5-16-10-3-9(13)8(12)2-11(10)17-7/h2-3,7H,4-5,13H2,1H3/t7-/m0/s1. The number of hydrogen-bond donors (Lipinski definition) is 1. The highest BCUT2D eigenvalue weighted by Crippen LogP contribution is 2.35. The van der Waals surface area contributed by atoms with Crippen LogP contribution >= 0.6 is 0 Å². The van der Waals surface area contributed by atoms with Crippen LogP contribution in [0.3, 0.4) is 0 Å². The predicted octanol–water partition coefficient (Wildman–Crippen LogP) is 1.11. The molecule has 0 saturated carbocycles. The lowest BCUT2D eigenvalue weighted by Crippen LogP contribution is -2.34. The molecule has 0 fully saturated rings. The minimum atomic E-state index is -0.569. The number of hydrogen-bond acceptors (Lipinski definition) is 5. The molecule has 92 valence electrons. The summed E-state index contributed by atoms with van der Waals surface area (Å²) in [4.78, 5) is 10.6. The van der Waals surface area contributed by atoms with E-state index >= 15 is 0 Å². The molecule has 0 spiro atoms. The Bertz CT molecular complexity index is 449. The van der Waals surface area contributed by atoms with Crippen molar-refractivity contribution < 1.29 is 23.4 Å². The lowest BCUT2D eigenvalue weighted by atomic mass is 10.2. The fourth-order valence-corrected chi connectivity index (χ4v) is 1.44. The largest absolute Gasteiger partial charge is 0.486 e. The van der Waals surface area contributed by atoms with Gasteiger partial charge in [-0.25, -0.2) is 4.39 Å². The summed E-state index contributed by atoms with van der Waals surface area (Å²) in [5, 5.41) is 0. The minimum absolute atomic E-state index is 0.00536. The number of carbonyl (C=O) groups is 1. The lowest BCUT2D eigenvalue weighted by molar-refractivity contribution is -0.144. The average molecular weight is 241 g/mol. The first-order valence-corrected chi connectivity index (χ1v) is 5.08. The van der Waals surface area contributed by atoms with Crippen LogP contribution in [0.25, 0.3) is 0 Å². The van der Waals surface area contributed by atoms with Crippen molar-refractivity contribution in [3.63, 3.8) is 0 Å². The Balaban J connectivity index is 2.08. The van der Waals surface area contributed by atoms with Gasteiger partial charge in [-0.15, -0.1) is 0 Å². The van der Waals surface area contributed by atoms with Gasteiger partial charge in [0.2, 0.25) is 0 Å². The summed E-state index contributed by atoms with van der Waals surface area (Å²) in [6.07, 6.45) is -0.436. The second-order valence-corrected chi connectivity index (χ2v) is 3.67. The quantitative estimate of drug-likeness (QED) is 0.620. The van der Waals surface area contributed by atoms with Crippen molar-refractivity contribution in [2.45, 2.75) is 13.0 Å². The first kappa shape index (κ1) is 11.5.